The van der Waals surface area contributed by atoms with Crippen LogP contribution < -0.4 is 15.1 Å². The third-order valence-electron chi connectivity index (χ3n) is 5.58. The summed E-state index contributed by atoms with van der Waals surface area (Å²) in [6.45, 7) is 3.05. The SMILES string of the molecule is O=C(O)c1cccc(N2CCN(c3cccc4nc(NC(=O)C5CC5)nn34)CC2)c1. The van der Waals surface area contributed by atoms with Crippen LogP contribution in [0.5, 0.6) is 0 Å². The van der Waals surface area contributed by atoms with E-state index in [9.17, 15) is 14.7 Å². The number of benzene rings is 1. The van der Waals surface area contributed by atoms with Gasteiger partial charge in [0, 0.05) is 37.8 Å². The van der Waals surface area contributed by atoms with Gasteiger partial charge in [-0.3, -0.25) is 10.1 Å². The van der Waals surface area contributed by atoms with E-state index < -0.39 is 5.97 Å². The third-order valence-corrected chi connectivity index (χ3v) is 5.58. The molecule has 0 unspecified atom stereocenters. The van der Waals surface area contributed by atoms with Crippen LogP contribution >= 0.6 is 0 Å². The molecule has 0 bridgehead atoms. The van der Waals surface area contributed by atoms with E-state index in [-0.39, 0.29) is 11.8 Å². The summed E-state index contributed by atoms with van der Waals surface area (Å²) in [5.74, 6) is 0.431. The van der Waals surface area contributed by atoms with Gasteiger partial charge in [-0.15, -0.1) is 5.10 Å². The minimum Gasteiger partial charge on any atom is -0.478 e. The Balaban J connectivity index is 1.32. The summed E-state index contributed by atoms with van der Waals surface area (Å²) in [5.41, 5.74) is 1.90. The molecule has 154 valence electrons. The van der Waals surface area contributed by atoms with Crippen LogP contribution in [0.2, 0.25) is 0 Å². The molecule has 0 atom stereocenters. The molecular formula is C21H22N6O3. The lowest BCUT2D eigenvalue weighted by molar-refractivity contribution is -0.117. The smallest absolute Gasteiger partial charge is 0.335 e. The first-order valence-corrected chi connectivity index (χ1v) is 10.1. The zero-order valence-corrected chi connectivity index (χ0v) is 16.4. The Morgan fingerprint density at radius 1 is 1.00 bits per heavy atom. The highest BCUT2D eigenvalue weighted by Crippen LogP contribution is 2.30. The number of aromatic carboxylic acids is 1. The number of anilines is 3. The number of nitrogens with one attached hydrogen (secondary N) is 1. The second-order valence-electron chi connectivity index (χ2n) is 7.68. The van der Waals surface area contributed by atoms with Crippen molar-refractivity contribution in [2.24, 2.45) is 5.92 Å². The minimum atomic E-state index is -0.919. The van der Waals surface area contributed by atoms with Gasteiger partial charge < -0.3 is 14.9 Å². The summed E-state index contributed by atoms with van der Waals surface area (Å²) in [6, 6.07) is 12.8. The van der Waals surface area contributed by atoms with Crippen LogP contribution in [0.1, 0.15) is 23.2 Å². The molecule has 3 aromatic rings. The number of pyridine rings is 1. The van der Waals surface area contributed by atoms with Gasteiger partial charge in [0.2, 0.25) is 11.9 Å². The predicted molar refractivity (Wildman–Crippen MR) is 112 cm³/mol. The normalized spacial score (nSPS) is 16.7. The van der Waals surface area contributed by atoms with Crippen molar-refractivity contribution in [2.45, 2.75) is 12.8 Å². The summed E-state index contributed by atoms with van der Waals surface area (Å²) < 4.78 is 1.77. The number of nitrogens with zero attached hydrogens (tertiary/aromatic N) is 5. The topological polar surface area (TPSA) is 103 Å². The lowest BCUT2D eigenvalue weighted by Gasteiger charge is -2.37. The number of piperazine rings is 1. The molecule has 30 heavy (non-hydrogen) atoms. The van der Waals surface area contributed by atoms with Crippen molar-refractivity contribution in [2.75, 3.05) is 41.3 Å². The second kappa shape index (κ2) is 7.33. The number of carboxylic acids is 1. The van der Waals surface area contributed by atoms with E-state index in [1.807, 2.05) is 24.3 Å². The molecule has 2 N–H and O–H groups in total. The number of amides is 1. The Kier molecular flexibility index (Phi) is 4.50. The number of aromatic nitrogens is 3. The lowest BCUT2D eigenvalue weighted by Crippen LogP contribution is -2.47. The average Bonchev–Trinajstić information content (AvgIpc) is 3.54. The average molecular weight is 406 g/mol. The quantitative estimate of drug-likeness (QED) is 0.669. The van der Waals surface area contributed by atoms with Crippen LogP contribution in [0.25, 0.3) is 5.65 Å². The number of carbonyl (C=O) groups is 2. The molecule has 3 heterocycles. The zero-order chi connectivity index (χ0) is 20.7. The Morgan fingerprint density at radius 3 is 2.47 bits per heavy atom. The van der Waals surface area contributed by atoms with Crippen LogP contribution in [-0.4, -0.2) is 57.8 Å². The molecule has 0 spiro atoms. The van der Waals surface area contributed by atoms with E-state index >= 15 is 0 Å². The maximum atomic E-state index is 12.0. The Hall–Kier alpha value is -3.62. The first-order chi connectivity index (χ1) is 14.6. The van der Waals surface area contributed by atoms with Crippen LogP contribution in [0.15, 0.2) is 42.5 Å². The number of carboxylic acid groups (broad SMARTS) is 1. The lowest BCUT2D eigenvalue weighted by atomic mass is 10.1. The molecule has 1 saturated carbocycles. The van der Waals surface area contributed by atoms with Crippen molar-refractivity contribution in [1.82, 2.24) is 14.6 Å². The van der Waals surface area contributed by atoms with Crippen LogP contribution in [0.3, 0.4) is 0 Å². The van der Waals surface area contributed by atoms with Crippen molar-refractivity contribution in [3.8, 4) is 0 Å². The molecule has 5 rings (SSSR count). The molecule has 1 saturated heterocycles. The van der Waals surface area contributed by atoms with Crippen molar-refractivity contribution in [3.05, 3.63) is 48.0 Å². The second-order valence-corrected chi connectivity index (χ2v) is 7.68. The number of rotatable bonds is 5. The molecule has 9 nitrogen and oxygen atoms in total. The van der Waals surface area contributed by atoms with Gasteiger partial charge in [-0.2, -0.15) is 9.50 Å². The minimum absolute atomic E-state index is 0.00957. The summed E-state index contributed by atoms with van der Waals surface area (Å²) in [6.07, 6.45) is 1.87. The van der Waals surface area contributed by atoms with E-state index in [1.54, 1.807) is 22.7 Å². The Labute approximate surface area is 172 Å². The molecule has 0 radical (unpaired) electrons. The molecule has 9 heteroatoms. The zero-order valence-electron chi connectivity index (χ0n) is 16.4. The fourth-order valence-electron chi connectivity index (χ4n) is 3.77. The molecule has 2 aromatic heterocycles. The third kappa shape index (κ3) is 3.54. The van der Waals surface area contributed by atoms with Crippen molar-refractivity contribution in [3.63, 3.8) is 0 Å². The summed E-state index contributed by atoms with van der Waals surface area (Å²) in [7, 11) is 0. The first kappa shape index (κ1) is 18.4. The van der Waals surface area contributed by atoms with Gasteiger partial charge in [0.1, 0.15) is 5.82 Å². The van der Waals surface area contributed by atoms with Crippen molar-refractivity contribution in [1.29, 1.82) is 0 Å². The molecule has 2 fully saturated rings. The van der Waals surface area contributed by atoms with Gasteiger partial charge in [0.05, 0.1) is 5.56 Å². The van der Waals surface area contributed by atoms with Gasteiger partial charge in [-0.1, -0.05) is 12.1 Å². The fourth-order valence-corrected chi connectivity index (χ4v) is 3.77. The van der Waals surface area contributed by atoms with E-state index in [0.717, 1.165) is 50.5 Å². The van der Waals surface area contributed by atoms with Gasteiger partial charge in [0.25, 0.3) is 0 Å². The highest BCUT2D eigenvalue weighted by Gasteiger charge is 2.30. The standard InChI is InChI=1S/C21H22N6O3/c28-19(14-7-8-14)23-21-22-17-5-2-6-18(27(17)24-21)26-11-9-25(10-12-26)16-4-1-3-15(13-16)20(29)30/h1-6,13-14H,7-12H2,(H,29,30)(H,23,24,28). The van der Waals surface area contributed by atoms with Gasteiger partial charge in [-0.25, -0.2) is 4.79 Å². The first-order valence-electron chi connectivity index (χ1n) is 10.1. The van der Waals surface area contributed by atoms with E-state index in [4.69, 9.17) is 0 Å². The van der Waals surface area contributed by atoms with E-state index in [0.29, 0.717) is 17.2 Å². The monoisotopic (exact) mass is 406 g/mol. The largest absolute Gasteiger partial charge is 0.478 e. The summed E-state index contributed by atoms with van der Waals surface area (Å²) in [4.78, 5) is 32.1. The van der Waals surface area contributed by atoms with Crippen molar-refractivity contribution >= 4 is 35.0 Å². The molecule has 1 aliphatic heterocycles. The van der Waals surface area contributed by atoms with E-state index in [1.165, 1.54) is 0 Å². The number of hydrogen-bond acceptors (Lipinski definition) is 6. The Bertz CT molecular complexity index is 1110. The number of fused-ring (bicyclic) bond motifs is 1. The predicted octanol–water partition coefficient (Wildman–Crippen LogP) is 2.10. The summed E-state index contributed by atoms with van der Waals surface area (Å²) in [5, 5.41) is 16.5. The van der Waals surface area contributed by atoms with Crippen LogP contribution in [-0.2, 0) is 4.79 Å². The number of carbonyl (C=O) groups excluding carboxylic acids is 1. The van der Waals surface area contributed by atoms with Crippen molar-refractivity contribution < 1.29 is 14.7 Å². The van der Waals surface area contributed by atoms with Gasteiger partial charge in [-0.05, 0) is 43.2 Å². The van der Waals surface area contributed by atoms with Gasteiger partial charge in [0.15, 0.2) is 5.65 Å². The maximum absolute atomic E-state index is 12.0. The highest BCUT2D eigenvalue weighted by molar-refractivity contribution is 5.92. The summed E-state index contributed by atoms with van der Waals surface area (Å²) >= 11 is 0. The molecule has 1 aliphatic carbocycles. The van der Waals surface area contributed by atoms with E-state index in [2.05, 4.69) is 25.2 Å². The molecule has 2 aliphatic rings. The molecular weight excluding hydrogens is 384 g/mol. The van der Waals surface area contributed by atoms with Gasteiger partial charge >= 0.3 is 5.97 Å². The Morgan fingerprint density at radius 2 is 1.73 bits per heavy atom. The fraction of sp³-hybridized carbons (Fsp3) is 0.333. The van der Waals surface area contributed by atoms with Crippen LogP contribution in [0, 0.1) is 5.92 Å². The molecule has 1 aromatic carbocycles. The van der Waals surface area contributed by atoms with Crippen LogP contribution in [0.4, 0.5) is 17.5 Å². The molecule has 1 amide bonds. The highest BCUT2D eigenvalue weighted by atomic mass is 16.4. The maximum Gasteiger partial charge on any atom is 0.335 e. The number of hydrogen-bond donors (Lipinski definition) is 2.